The van der Waals surface area contributed by atoms with Crippen LogP contribution >= 0.6 is 7.60 Å². The van der Waals surface area contributed by atoms with Crippen molar-refractivity contribution in [3.05, 3.63) is 120 Å². The SMILES string of the molecule is CCOP(=O)(/C=C/C1OC(OC)C(OCc2ccccc2)C(OCc2ccccc2)C1OCc1ccccc1)OCC. The van der Waals surface area contributed by atoms with Gasteiger partial charge in [0.1, 0.15) is 24.4 Å². The van der Waals surface area contributed by atoms with Gasteiger partial charge < -0.3 is 32.7 Å². The van der Waals surface area contributed by atoms with E-state index in [-0.39, 0.29) is 13.2 Å². The van der Waals surface area contributed by atoms with Gasteiger partial charge >= 0.3 is 7.60 Å². The molecule has 3 aromatic carbocycles. The standard InChI is InChI=1S/C33H41O8P/c1-4-39-42(34,40-5-2)22-21-29-30(36-23-26-15-9-6-10-16-26)31(37-24-27-17-11-7-12-18-27)32(33(35-3)41-29)38-25-28-19-13-8-14-20-28/h6-22,29-33H,4-5,23-25H2,1-3H3/b22-21+. The number of hydrogen-bond acceptors (Lipinski definition) is 8. The Hall–Kier alpha value is -2.65. The monoisotopic (exact) mass is 596 g/mol. The van der Waals surface area contributed by atoms with Crippen LogP contribution in [0.2, 0.25) is 0 Å². The summed E-state index contributed by atoms with van der Waals surface area (Å²) in [5, 5.41) is 0. The maximum Gasteiger partial charge on any atom is 0.353 e. The average molecular weight is 597 g/mol. The highest BCUT2D eigenvalue weighted by Crippen LogP contribution is 2.50. The van der Waals surface area contributed by atoms with Crippen molar-refractivity contribution in [2.75, 3.05) is 20.3 Å². The molecule has 1 aliphatic rings. The second-order valence-electron chi connectivity index (χ2n) is 9.71. The lowest BCUT2D eigenvalue weighted by Crippen LogP contribution is -2.60. The number of ether oxygens (including phenoxy) is 5. The van der Waals surface area contributed by atoms with Crippen LogP contribution in [-0.4, -0.2) is 51.0 Å². The number of hydrogen-bond donors (Lipinski definition) is 0. The molecule has 5 atom stereocenters. The second-order valence-corrected chi connectivity index (χ2v) is 11.6. The van der Waals surface area contributed by atoms with Crippen LogP contribution < -0.4 is 0 Å². The first-order chi connectivity index (χ1) is 20.5. The van der Waals surface area contributed by atoms with Crippen LogP contribution in [0.15, 0.2) is 103 Å². The van der Waals surface area contributed by atoms with Crippen molar-refractivity contribution in [2.45, 2.75) is 64.4 Å². The van der Waals surface area contributed by atoms with Crippen molar-refractivity contribution in [3.8, 4) is 0 Å². The zero-order valence-electron chi connectivity index (χ0n) is 24.5. The van der Waals surface area contributed by atoms with Gasteiger partial charge in [-0.2, -0.15) is 0 Å². The molecule has 226 valence electrons. The van der Waals surface area contributed by atoms with E-state index < -0.39 is 38.3 Å². The molecule has 0 spiro atoms. The molecule has 8 nitrogen and oxygen atoms in total. The molecule has 0 radical (unpaired) electrons. The van der Waals surface area contributed by atoms with Gasteiger partial charge in [-0.25, -0.2) is 0 Å². The van der Waals surface area contributed by atoms with Gasteiger partial charge in [0, 0.05) is 12.9 Å². The van der Waals surface area contributed by atoms with Crippen molar-refractivity contribution in [1.29, 1.82) is 0 Å². The molecule has 42 heavy (non-hydrogen) atoms. The topological polar surface area (TPSA) is 81.7 Å². The summed E-state index contributed by atoms with van der Waals surface area (Å²) in [6.45, 7) is 4.97. The Morgan fingerprint density at radius 2 is 1.10 bits per heavy atom. The second kappa shape index (κ2) is 16.8. The molecule has 1 saturated heterocycles. The smallest absolute Gasteiger partial charge is 0.353 e. The molecule has 0 amide bonds. The minimum absolute atomic E-state index is 0.236. The summed E-state index contributed by atoms with van der Waals surface area (Å²) in [4.78, 5) is 0. The Morgan fingerprint density at radius 1 is 0.667 bits per heavy atom. The Balaban J connectivity index is 1.67. The van der Waals surface area contributed by atoms with E-state index in [1.165, 1.54) is 5.82 Å². The van der Waals surface area contributed by atoms with Crippen LogP contribution in [0.25, 0.3) is 0 Å². The highest BCUT2D eigenvalue weighted by molar-refractivity contribution is 7.57. The summed E-state index contributed by atoms with van der Waals surface area (Å²) in [7, 11) is -1.93. The van der Waals surface area contributed by atoms with Crippen LogP contribution in [0.4, 0.5) is 0 Å². The Labute approximate surface area is 249 Å². The maximum absolute atomic E-state index is 13.3. The van der Waals surface area contributed by atoms with Crippen molar-refractivity contribution in [1.82, 2.24) is 0 Å². The zero-order chi connectivity index (χ0) is 29.6. The lowest BCUT2D eigenvalue weighted by Gasteiger charge is -2.45. The van der Waals surface area contributed by atoms with E-state index in [9.17, 15) is 4.57 Å². The molecular formula is C33H41O8P. The molecule has 1 aliphatic heterocycles. The van der Waals surface area contributed by atoms with Gasteiger partial charge in [0.15, 0.2) is 6.29 Å². The van der Waals surface area contributed by atoms with Crippen LogP contribution in [0.1, 0.15) is 30.5 Å². The fourth-order valence-corrected chi connectivity index (χ4v) is 6.06. The van der Waals surface area contributed by atoms with Crippen LogP contribution in [0, 0.1) is 0 Å². The van der Waals surface area contributed by atoms with Gasteiger partial charge in [-0.3, -0.25) is 4.57 Å². The highest BCUT2D eigenvalue weighted by atomic mass is 31.2. The maximum atomic E-state index is 13.3. The third-order valence-corrected chi connectivity index (χ3v) is 8.47. The summed E-state index contributed by atoms with van der Waals surface area (Å²) in [5.41, 5.74) is 3.00. The molecule has 4 rings (SSSR count). The van der Waals surface area contributed by atoms with Gasteiger partial charge in [-0.1, -0.05) is 91.0 Å². The largest absolute Gasteiger partial charge is 0.368 e. The van der Waals surface area contributed by atoms with E-state index in [1.807, 2.05) is 91.0 Å². The van der Waals surface area contributed by atoms with E-state index in [0.717, 1.165) is 16.7 Å². The minimum atomic E-state index is -3.50. The molecule has 0 aromatic heterocycles. The third-order valence-electron chi connectivity index (χ3n) is 6.70. The summed E-state index contributed by atoms with van der Waals surface area (Å²) in [5.74, 6) is 1.44. The molecule has 0 N–H and O–H groups in total. The van der Waals surface area contributed by atoms with Gasteiger partial charge in [0.2, 0.25) is 0 Å². The zero-order valence-corrected chi connectivity index (χ0v) is 25.3. The van der Waals surface area contributed by atoms with Crippen LogP contribution in [0.5, 0.6) is 0 Å². The van der Waals surface area contributed by atoms with Gasteiger partial charge in [0.05, 0.1) is 33.0 Å². The molecule has 1 fully saturated rings. The third kappa shape index (κ3) is 9.43. The Bertz CT molecular complexity index is 1230. The summed E-state index contributed by atoms with van der Waals surface area (Å²) < 4.78 is 56.0. The lowest BCUT2D eigenvalue weighted by atomic mass is 9.97. The van der Waals surface area contributed by atoms with E-state index in [2.05, 4.69) is 0 Å². The van der Waals surface area contributed by atoms with Crippen LogP contribution in [0.3, 0.4) is 0 Å². The first-order valence-electron chi connectivity index (χ1n) is 14.3. The van der Waals surface area contributed by atoms with Crippen LogP contribution in [-0.2, 0) is 57.1 Å². The summed E-state index contributed by atoms with van der Waals surface area (Å²) in [6.07, 6.45) is -1.71. The molecular weight excluding hydrogens is 555 g/mol. The molecule has 1 heterocycles. The van der Waals surface area contributed by atoms with Crippen molar-refractivity contribution in [3.63, 3.8) is 0 Å². The number of benzene rings is 3. The molecule has 0 aliphatic carbocycles. The molecule has 9 heteroatoms. The van der Waals surface area contributed by atoms with E-state index in [0.29, 0.717) is 19.8 Å². The molecule has 0 saturated carbocycles. The highest BCUT2D eigenvalue weighted by Gasteiger charge is 2.48. The van der Waals surface area contributed by atoms with E-state index in [4.69, 9.17) is 32.7 Å². The lowest BCUT2D eigenvalue weighted by molar-refractivity contribution is -0.309. The van der Waals surface area contributed by atoms with Gasteiger partial charge in [-0.15, -0.1) is 0 Å². The Kier molecular flexibility index (Phi) is 12.9. The van der Waals surface area contributed by atoms with Gasteiger partial charge in [0.25, 0.3) is 0 Å². The van der Waals surface area contributed by atoms with E-state index >= 15 is 0 Å². The minimum Gasteiger partial charge on any atom is -0.368 e. The normalized spacial score (nSPS) is 22.9. The molecule has 0 bridgehead atoms. The van der Waals surface area contributed by atoms with E-state index in [1.54, 1.807) is 27.0 Å². The predicted molar refractivity (Wildman–Crippen MR) is 161 cm³/mol. The fraction of sp³-hybridized carbons (Fsp3) is 0.394. The number of methoxy groups -OCH3 is 1. The summed E-state index contributed by atoms with van der Waals surface area (Å²) in [6, 6.07) is 29.7. The van der Waals surface area contributed by atoms with Crippen molar-refractivity contribution in [2.24, 2.45) is 0 Å². The fourth-order valence-electron chi connectivity index (χ4n) is 4.71. The molecule has 5 unspecified atom stereocenters. The summed E-state index contributed by atoms with van der Waals surface area (Å²) >= 11 is 0. The molecule has 3 aromatic rings. The van der Waals surface area contributed by atoms with Gasteiger partial charge in [-0.05, 0) is 36.6 Å². The predicted octanol–water partition coefficient (Wildman–Crippen LogP) is 6.89. The quantitative estimate of drug-likeness (QED) is 0.165. The first kappa shape index (κ1) is 32.3. The van der Waals surface area contributed by atoms with Crippen molar-refractivity contribution >= 4 is 7.60 Å². The first-order valence-corrected chi connectivity index (χ1v) is 15.9. The average Bonchev–Trinajstić information content (AvgIpc) is 3.02. The Morgan fingerprint density at radius 3 is 1.52 bits per heavy atom. The number of rotatable bonds is 16. The van der Waals surface area contributed by atoms with Crippen molar-refractivity contribution < 1.29 is 37.3 Å².